The molecular weight excluding hydrogens is 450 g/mol. The van der Waals surface area contributed by atoms with Gasteiger partial charge in [0.05, 0.1) is 39.4 Å². The highest BCUT2D eigenvalue weighted by Gasteiger charge is 2.44. The average Bonchev–Trinajstić information content (AvgIpc) is 3.26. The van der Waals surface area contributed by atoms with E-state index in [4.69, 9.17) is 14.2 Å². The number of aliphatic hydroxyl groups is 1. The number of benzene rings is 2. The number of fused-ring (bicyclic) bond motifs is 3. The molecule has 3 aliphatic rings. The lowest BCUT2D eigenvalue weighted by Crippen LogP contribution is -2.48. The number of aliphatic hydroxyl groups excluding tert-OH is 1. The smallest absolute Gasteiger partial charge is 0.231 e. The Morgan fingerprint density at radius 1 is 1.11 bits per heavy atom. The minimum absolute atomic E-state index is 0.0769. The fourth-order valence-corrected chi connectivity index (χ4v) is 7.08. The quantitative estimate of drug-likeness (QED) is 0.520. The van der Waals surface area contributed by atoms with Crippen LogP contribution >= 0.6 is 0 Å². The molecule has 0 saturated heterocycles. The van der Waals surface area contributed by atoms with E-state index in [1.54, 1.807) is 7.11 Å². The van der Waals surface area contributed by atoms with Crippen molar-refractivity contribution in [3.05, 3.63) is 51.6 Å². The molecule has 5 heteroatoms. The van der Waals surface area contributed by atoms with Gasteiger partial charge in [-0.15, -0.1) is 0 Å². The van der Waals surface area contributed by atoms with Crippen LogP contribution in [0.5, 0.6) is 17.2 Å². The Bertz CT molecular complexity index is 1200. The molecule has 36 heavy (non-hydrogen) atoms. The normalized spacial score (nSPS) is 25.6. The van der Waals surface area contributed by atoms with Crippen molar-refractivity contribution in [3.8, 4) is 17.2 Å². The topological polar surface area (TPSA) is 47.9 Å². The maximum atomic E-state index is 11.8. The Morgan fingerprint density at radius 3 is 2.53 bits per heavy atom. The van der Waals surface area contributed by atoms with Gasteiger partial charge in [-0.05, 0) is 64.0 Å². The summed E-state index contributed by atoms with van der Waals surface area (Å²) in [7, 11) is 6.23. The van der Waals surface area contributed by atoms with Gasteiger partial charge in [-0.25, -0.2) is 0 Å². The predicted molar refractivity (Wildman–Crippen MR) is 143 cm³/mol. The van der Waals surface area contributed by atoms with E-state index in [1.165, 1.54) is 22.3 Å². The van der Waals surface area contributed by atoms with E-state index in [0.29, 0.717) is 18.1 Å². The van der Waals surface area contributed by atoms with Gasteiger partial charge in [0.25, 0.3) is 0 Å². The van der Waals surface area contributed by atoms with Crippen LogP contribution in [0.2, 0.25) is 0 Å². The second-order valence-corrected chi connectivity index (χ2v) is 13.2. The van der Waals surface area contributed by atoms with Crippen molar-refractivity contribution >= 4 is 0 Å². The third kappa shape index (κ3) is 3.81. The summed E-state index contributed by atoms with van der Waals surface area (Å²) in [5.74, 6) is 2.83. The number of likely N-dealkylation sites (N-methyl/N-ethyl adjacent to an activating group) is 1. The number of nitrogens with zero attached hydrogens (tertiary/aromatic N) is 1. The maximum absolute atomic E-state index is 11.8. The second-order valence-electron chi connectivity index (χ2n) is 13.2. The van der Waals surface area contributed by atoms with Crippen molar-refractivity contribution in [1.29, 1.82) is 0 Å². The zero-order valence-corrected chi connectivity index (χ0v) is 23.6. The van der Waals surface area contributed by atoms with Gasteiger partial charge in [0.2, 0.25) is 12.5 Å². The highest BCUT2D eigenvalue weighted by molar-refractivity contribution is 5.61. The first-order valence-electron chi connectivity index (χ1n) is 13.4. The summed E-state index contributed by atoms with van der Waals surface area (Å²) in [5.41, 5.74) is 7.67. The molecule has 3 atom stereocenters. The van der Waals surface area contributed by atoms with E-state index in [-0.39, 0.29) is 23.7 Å². The summed E-state index contributed by atoms with van der Waals surface area (Å²) in [5, 5.41) is 11.8. The van der Waals surface area contributed by atoms with Crippen LogP contribution in [-0.4, -0.2) is 44.1 Å². The SMILES string of the molecule is COc1c2c(cc3c1[C@H](C[C@H](O)c1cc4c(cc1C)C(C)(C)[C@@H](C)CC4(C)C)[N+](C)(C)CC3)OCO2. The maximum Gasteiger partial charge on any atom is 0.231 e. The monoisotopic (exact) mass is 494 g/mol. The first-order chi connectivity index (χ1) is 16.8. The first kappa shape index (κ1) is 25.4. The molecule has 5 nitrogen and oxygen atoms in total. The van der Waals surface area contributed by atoms with Gasteiger partial charge in [0.15, 0.2) is 11.5 Å². The standard InChI is InChI=1S/C31H44NO4/c1-18-12-23-22(30(3,4)16-19(2)31(23,5)6)14-21(18)25(33)15-24-27-20(10-11-32(24,7)8)13-26-28(29(27)34-9)36-17-35-26/h12-14,19,24-25,33H,10-11,15-17H2,1-9H3/q+1/t19-,24-,25-/m0/s1. The lowest BCUT2D eigenvalue weighted by Gasteiger charge is -2.47. The van der Waals surface area contributed by atoms with E-state index in [9.17, 15) is 5.11 Å². The molecule has 0 bridgehead atoms. The minimum atomic E-state index is -0.572. The molecule has 2 aliphatic heterocycles. The van der Waals surface area contributed by atoms with Gasteiger partial charge >= 0.3 is 0 Å². The first-order valence-corrected chi connectivity index (χ1v) is 13.4. The van der Waals surface area contributed by atoms with E-state index in [0.717, 1.165) is 46.5 Å². The lowest BCUT2D eigenvalue weighted by molar-refractivity contribution is -0.924. The van der Waals surface area contributed by atoms with Crippen LogP contribution in [0.15, 0.2) is 18.2 Å². The number of aryl methyl sites for hydroxylation is 1. The van der Waals surface area contributed by atoms with Gasteiger partial charge in [-0.3, -0.25) is 0 Å². The second kappa shape index (κ2) is 8.39. The van der Waals surface area contributed by atoms with Crippen molar-refractivity contribution in [2.45, 2.75) is 83.8 Å². The highest BCUT2D eigenvalue weighted by Crippen LogP contribution is 2.53. The summed E-state index contributed by atoms with van der Waals surface area (Å²) in [4.78, 5) is 0. The van der Waals surface area contributed by atoms with Crippen LogP contribution in [0.3, 0.4) is 0 Å². The number of methoxy groups -OCH3 is 1. The molecule has 0 amide bonds. The zero-order chi connectivity index (χ0) is 26.2. The Kier molecular flexibility index (Phi) is 5.92. The molecule has 2 aromatic rings. The lowest BCUT2D eigenvalue weighted by atomic mass is 9.58. The molecule has 0 fully saturated rings. The van der Waals surface area contributed by atoms with Crippen molar-refractivity contribution in [1.82, 2.24) is 0 Å². The molecular formula is C31H44NO4+. The summed E-state index contributed by atoms with van der Waals surface area (Å²) in [6.45, 7) is 15.2. The number of rotatable bonds is 4. The van der Waals surface area contributed by atoms with E-state index < -0.39 is 6.10 Å². The summed E-state index contributed by atoms with van der Waals surface area (Å²) in [6, 6.07) is 6.88. The summed E-state index contributed by atoms with van der Waals surface area (Å²) >= 11 is 0. The molecule has 0 unspecified atom stereocenters. The summed E-state index contributed by atoms with van der Waals surface area (Å²) in [6.07, 6.45) is 2.14. The number of hydrogen-bond acceptors (Lipinski definition) is 4. The van der Waals surface area contributed by atoms with Crippen LogP contribution in [0.4, 0.5) is 0 Å². The van der Waals surface area contributed by atoms with Gasteiger partial charge < -0.3 is 23.8 Å². The third-order valence-corrected chi connectivity index (χ3v) is 9.77. The Balaban J connectivity index is 1.57. The van der Waals surface area contributed by atoms with Gasteiger partial charge in [-0.2, -0.15) is 0 Å². The van der Waals surface area contributed by atoms with Crippen molar-refractivity contribution in [3.63, 3.8) is 0 Å². The molecule has 0 spiro atoms. The zero-order valence-electron chi connectivity index (χ0n) is 23.6. The highest BCUT2D eigenvalue weighted by atomic mass is 16.7. The molecule has 0 radical (unpaired) electrons. The van der Waals surface area contributed by atoms with Gasteiger partial charge in [-0.1, -0.05) is 46.8 Å². The Morgan fingerprint density at radius 2 is 1.83 bits per heavy atom. The summed E-state index contributed by atoms with van der Waals surface area (Å²) < 4.78 is 18.2. The van der Waals surface area contributed by atoms with Crippen LogP contribution in [0, 0.1) is 12.8 Å². The van der Waals surface area contributed by atoms with E-state index in [1.807, 2.05) is 0 Å². The predicted octanol–water partition coefficient (Wildman–Crippen LogP) is 6.12. The van der Waals surface area contributed by atoms with Crippen LogP contribution in [0.1, 0.15) is 93.0 Å². The fraction of sp³-hybridized carbons (Fsp3) is 0.613. The molecule has 5 rings (SSSR count). The third-order valence-electron chi connectivity index (χ3n) is 9.77. The van der Waals surface area contributed by atoms with Gasteiger partial charge in [0.1, 0.15) is 6.04 Å². The van der Waals surface area contributed by atoms with Crippen molar-refractivity contribution in [2.24, 2.45) is 5.92 Å². The largest absolute Gasteiger partial charge is 0.492 e. The average molecular weight is 495 g/mol. The number of hydrogen-bond donors (Lipinski definition) is 1. The van der Waals surface area contributed by atoms with Crippen LogP contribution < -0.4 is 14.2 Å². The Hall–Kier alpha value is -2.24. The minimum Gasteiger partial charge on any atom is -0.492 e. The number of quaternary nitrogens is 1. The molecule has 2 aromatic carbocycles. The van der Waals surface area contributed by atoms with Crippen molar-refractivity contribution < 1.29 is 23.8 Å². The number of ether oxygens (including phenoxy) is 3. The van der Waals surface area contributed by atoms with Crippen molar-refractivity contribution in [2.75, 3.05) is 34.5 Å². The molecule has 1 aliphatic carbocycles. The van der Waals surface area contributed by atoms with Crippen LogP contribution in [0.25, 0.3) is 0 Å². The molecule has 1 N–H and O–H groups in total. The fourth-order valence-electron chi connectivity index (χ4n) is 7.08. The van der Waals surface area contributed by atoms with Crippen LogP contribution in [-0.2, 0) is 17.3 Å². The molecule has 0 saturated carbocycles. The Labute approximate surface area is 217 Å². The molecule has 196 valence electrons. The molecule has 2 heterocycles. The molecule has 0 aromatic heterocycles. The van der Waals surface area contributed by atoms with Gasteiger partial charge in [0, 0.05) is 12.8 Å². The van der Waals surface area contributed by atoms with E-state index >= 15 is 0 Å². The van der Waals surface area contributed by atoms with E-state index in [2.05, 4.69) is 73.8 Å².